The summed E-state index contributed by atoms with van der Waals surface area (Å²) in [5.41, 5.74) is 1.45. The molecule has 1 N–H and O–H groups in total. The van der Waals surface area contributed by atoms with Crippen molar-refractivity contribution in [1.82, 2.24) is 20.0 Å². The minimum Gasteiger partial charge on any atom is -0.463 e. The summed E-state index contributed by atoms with van der Waals surface area (Å²) < 4.78 is 5.46. The number of hydrogen-bond acceptors (Lipinski definition) is 5. The Kier molecular flexibility index (Phi) is 9.16. The topological polar surface area (TPSA) is 82.2 Å². The van der Waals surface area contributed by atoms with Crippen LogP contribution in [0, 0.1) is 5.92 Å². The zero-order valence-electron chi connectivity index (χ0n) is 21.2. The van der Waals surface area contributed by atoms with E-state index in [4.69, 9.17) is 27.9 Å². The number of esters is 1. The van der Waals surface area contributed by atoms with Gasteiger partial charge in [-0.25, -0.2) is 9.59 Å². The summed E-state index contributed by atoms with van der Waals surface area (Å²) >= 11 is 12.6. The first-order chi connectivity index (χ1) is 17.8. The molecule has 1 aliphatic carbocycles. The van der Waals surface area contributed by atoms with Gasteiger partial charge in [-0.1, -0.05) is 41.8 Å². The first-order valence-corrected chi connectivity index (χ1v) is 13.6. The minimum absolute atomic E-state index is 0.166. The van der Waals surface area contributed by atoms with Crippen LogP contribution >= 0.6 is 23.2 Å². The molecule has 2 aliphatic heterocycles. The molecule has 3 amide bonds. The Hall–Kier alpha value is -2.55. The molecule has 0 radical (unpaired) electrons. The van der Waals surface area contributed by atoms with E-state index in [0.29, 0.717) is 46.5 Å². The summed E-state index contributed by atoms with van der Waals surface area (Å²) in [4.78, 5) is 45.2. The Labute approximate surface area is 228 Å². The lowest BCUT2D eigenvalue weighted by atomic mass is 9.84. The normalized spacial score (nSPS) is 21.3. The second-order valence-electron chi connectivity index (χ2n) is 9.61. The van der Waals surface area contributed by atoms with E-state index >= 15 is 0 Å². The van der Waals surface area contributed by atoms with Gasteiger partial charge in [-0.15, -0.1) is 6.58 Å². The molecule has 2 heterocycles. The van der Waals surface area contributed by atoms with Crippen LogP contribution in [0.15, 0.2) is 42.1 Å². The van der Waals surface area contributed by atoms with Crippen molar-refractivity contribution in [2.75, 3.05) is 45.9 Å². The van der Waals surface area contributed by atoms with E-state index in [9.17, 15) is 14.4 Å². The molecule has 2 fully saturated rings. The van der Waals surface area contributed by atoms with E-state index in [1.807, 2.05) is 4.90 Å². The minimum atomic E-state index is -0.795. The van der Waals surface area contributed by atoms with E-state index in [2.05, 4.69) is 16.8 Å². The van der Waals surface area contributed by atoms with E-state index < -0.39 is 12.0 Å². The van der Waals surface area contributed by atoms with Crippen molar-refractivity contribution >= 4 is 41.1 Å². The van der Waals surface area contributed by atoms with Crippen molar-refractivity contribution in [3.8, 4) is 0 Å². The molecule has 1 aromatic rings. The lowest BCUT2D eigenvalue weighted by Gasteiger charge is -2.38. The van der Waals surface area contributed by atoms with Crippen LogP contribution in [0.1, 0.15) is 44.2 Å². The van der Waals surface area contributed by atoms with Crippen molar-refractivity contribution < 1.29 is 19.1 Å². The lowest BCUT2D eigenvalue weighted by Crippen LogP contribution is -2.51. The van der Waals surface area contributed by atoms with Gasteiger partial charge in [0.15, 0.2) is 0 Å². The average molecular weight is 549 g/mol. The molecular formula is C27H34Cl2N4O4. The lowest BCUT2D eigenvalue weighted by molar-refractivity contribution is -0.139. The molecule has 1 saturated carbocycles. The summed E-state index contributed by atoms with van der Waals surface area (Å²) in [7, 11) is 0. The molecule has 1 saturated heterocycles. The number of nitrogens with one attached hydrogen (secondary N) is 1. The maximum atomic E-state index is 13.4. The monoisotopic (exact) mass is 548 g/mol. The van der Waals surface area contributed by atoms with Crippen LogP contribution in [0.5, 0.6) is 0 Å². The van der Waals surface area contributed by atoms with Gasteiger partial charge in [-0.05, 0) is 43.9 Å². The number of ether oxygens (including phenoxy) is 1. The fourth-order valence-electron chi connectivity index (χ4n) is 5.09. The zero-order valence-corrected chi connectivity index (χ0v) is 22.7. The molecule has 0 spiro atoms. The Morgan fingerprint density at radius 2 is 1.95 bits per heavy atom. The van der Waals surface area contributed by atoms with Crippen LogP contribution in [0.25, 0.3) is 0 Å². The molecule has 1 atom stereocenters. The van der Waals surface area contributed by atoms with E-state index in [1.165, 1.54) is 4.90 Å². The molecule has 4 rings (SSSR count). The highest BCUT2D eigenvalue weighted by Crippen LogP contribution is 2.36. The van der Waals surface area contributed by atoms with Gasteiger partial charge in [0.1, 0.15) is 0 Å². The summed E-state index contributed by atoms with van der Waals surface area (Å²) in [5, 5.41) is 3.72. The second kappa shape index (κ2) is 12.3. The number of carbonyl (C=O) groups is 3. The molecule has 3 aliphatic rings. The number of urea groups is 1. The van der Waals surface area contributed by atoms with Gasteiger partial charge in [-0.3, -0.25) is 14.6 Å². The first kappa shape index (κ1) is 27.5. The standard InChI is InChI=1S/C27H34Cl2N4O4/c1-3-11-33-22(17-31-12-6-13-32(15-14-31)25(34)18-7-5-8-18)23(26(35)37-4-2)24(30-27(33)36)20-10-9-19(28)16-21(20)29/h3,9-10,16,18,24H,1,4-8,11-15,17H2,2H3,(H,30,36)/t24-/m1/s1. The average Bonchev–Trinajstić information content (AvgIpc) is 3.06. The van der Waals surface area contributed by atoms with Crippen LogP contribution in [0.3, 0.4) is 0 Å². The molecular weight excluding hydrogens is 515 g/mol. The third kappa shape index (κ3) is 6.13. The van der Waals surface area contributed by atoms with Crippen LogP contribution in [-0.4, -0.2) is 78.5 Å². The predicted octanol–water partition coefficient (Wildman–Crippen LogP) is 4.40. The largest absolute Gasteiger partial charge is 0.463 e. The number of nitrogens with zero attached hydrogens (tertiary/aromatic N) is 3. The van der Waals surface area contributed by atoms with Crippen LogP contribution in [0.4, 0.5) is 4.79 Å². The van der Waals surface area contributed by atoms with Crippen molar-refractivity contribution in [3.05, 3.63) is 57.7 Å². The highest BCUT2D eigenvalue weighted by Gasteiger charge is 2.39. The molecule has 200 valence electrons. The number of rotatable bonds is 8. The Bertz CT molecular complexity index is 1090. The summed E-state index contributed by atoms with van der Waals surface area (Å²) in [5.74, 6) is -0.0961. The molecule has 10 heteroatoms. The number of amides is 3. The number of benzene rings is 1. The second-order valence-corrected chi connectivity index (χ2v) is 10.5. The third-order valence-electron chi connectivity index (χ3n) is 7.25. The van der Waals surface area contributed by atoms with Crippen molar-refractivity contribution in [1.29, 1.82) is 0 Å². The SMILES string of the molecule is C=CCN1C(=O)N[C@H](c2ccc(Cl)cc2Cl)C(C(=O)OCC)=C1CN1CCCN(C(=O)C2CCC2)CC1. The summed E-state index contributed by atoms with van der Waals surface area (Å²) in [6, 6.07) is 3.83. The fourth-order valence-corrected chi connectivity index (χ4v) is 5.61. The number of hydrogen-bond donors (Lipinski definition) is 1. The van der Waals surface area contributed by atoms with Gasteiger partial charge in [0.2, 0.25) is 5.91 Å². The first-order valence-electron chi connectivity index (χ1n) is 12.9. The fraction of sp³-hybridized carbons (Fsp3) is 0.519. The van der Waals surface area contributed by atoms with E-state index in [-0.39, 0.29) is 31.0 Å². The highest BCUT2D eigenvalue weighted by atomic mass is 35.5. The van der Waals surface area contributed by atoms with Gasteiger partial charge in [0.05, 0.1) is 18.2 Å². The molecule has 37 heavy (non-hydrogen) atoms. The van der Waals surface area contributed by atoms with Crippen molar-refractivity contribution in [3.63, 3.8) is 0 Å². The van der Waals surface area contributed by atoms with Gasteiger partial charge in [0.25, 0.3) is 0 Å². The Balaban J connectivity index is 1.67. The molecule has 1 aromatic carbocycles. The number of carbonyl (C=O) groups excluding carboxylic acids is 3. The van der Waals surface area contributed by atoms with E-state index in [0.717, 1.165) is 38.8 Å². The van der Waals surface area contributed by atoms with Gasteiger partial charge >= 0.3 is 12.0 Å². The molecule has 0 aromatic heterocycles. The Morgan fingerprint density at radius 3 is 2.59 bits per heavy atom. The Morgan fingerprint density at radius 1 is 1.16 bits per heavy atom. The highest BCUT2D eigenvalue weighted by molar-refractivity contribution is 6.35. The maximum absolute atomic E-state index is 13.4. The van der Waals surface area contributed by atoms with Crippen LogP contribution in [0.2, 0.25) is 10.0 Å². The maximum Gasteiger partial charge on any atom is 0.338 e. The number of halogens is 2. The smallest absolute Gasteiger partial charge is 0.338 e. The molecule has 0 unspecified atom stereocenters. The molecule has 8 nitrogen and oxygen atoms in total. The van der Waals surface area contributed by atoms with Crippen LogP contribution < -0.4 is 5.32 Å². The summed E-state index contributed by atoms with van der Waals surface area (Å²) in [6.07, 6.45) is 5.53. The quantitative estimate of drug-likeness (QED) is 0.384. The van der Waals surface area contributed by atoms with Crippen LogP contribution in [-0.2, 0) is 14.3 Å². The van der Waals surface area contributed by atoms with Crippen molar-refractivity contribution in [2.24, 2.45) is 5.92 Å². The van der Waals surface area contributed by atoms with Gasteiger partial charge in [-0.2, -0.15) is 0 Å². The summed E-state index contributed by atoms with van der Waals surface area (Å²) in [6.45, 7) is 9.03. The van der Waals surface area contributed by atoms with E-state index in [1.54, 1.807) is 31.2 Å². The predicted molar refractivity (Wildman–Crippen MR) is 143 cm³/mol. The molecule has 0 bridgehead atoms. The van der Waals surface area contributed by atoms with Crippen molar-refractivity contribution in [2.45, 2.75) is 38.6 Å². The van der Waals surface area contributed by atoms with Gasteiger partial charge < -0.3 is 15.0 Å². The zero-order chi connectivity index (χ0) is 26.5. The van der Waals surface area contributed by atoms with Gasteiger partial charge in [0, 0.05) is 60.9 Å². The third-order valence-corrected chi connectivity index (χ3v) is 7.81.